The molecule has 0 aromatic heterocycles. The first kappa shape index (κ1) is 29.8. The number of carbonyl (C=O) groups excluding carboxylic acids is 2. The molecule has 1 atom stereocenters. The molecular weight excluding hydrogens is 546 g/mol. The van der Waals surface area contributed by atoms with Gasteiger partial charge in [-0.15, -0.1) is 0 Å². The van der Waals surface area contributed by atoms with Crippen molar-refractivity contribution in [2.45, 2.75) is 62.6 Å². The summed E-state index contributed by atoms with van der Waals surface area (Å²) in [5.74, 6) is -0.677. The number of nitrogens with zero attached hydrogens (tertiary/aromatic N) is 2. The fourth-order valence-corrected chi connectivity index (χ4v) is 6.33. The van der Waals surface area contributed by atoms with Gasteiger partial charge in [0.25, 0.3) is 0 Å². The van der Waals surface area contributed by atoms with Gasteiger partial charge in [0, 0.05) is 31.1 Å². The number of aryl methyl sites for hydroxylation is 1. The third kappa shape index (κ3) is 7.71. The van der Waals surface area contributed by atoms with Crippen molar-refractivity contribution in [1.82, 2.24) is 14.5 Å². The zero-order valence-electron chi connectivity index (χ0n) is 22.9. The number of nitrogens with one attached hydrogen (secondary N) is 1. The highest BCUT2D eigenvalue weighted by molar-refractivity contribution is 7.89. The average Bonchev–Trinajstić information content (AvgIpc) is 3.44. The van der Waals surface area contributed by atoms with Crippen LogP contribution >= 0.6 is 11.6 Å². The number of hydrogen-bond donors (Lipinski definition) is 1. The molecule has 7 nitrogen and oxygen atoms in total. The lowest BCUT2D eigenvalue weighted by atomic mass is 10.0. The Morgan fingerprint density at radius 3 is 2.25 bits per heavy atom. The highest BCUT2D eigenvalue weighted by Gasteiger charge is 2.34. The SMILES string of the molecule is Cc1cccc(CN(C(=O)CN(C)S(=O)(=O)c2ccc(Cl)cc2)C(Cc2ccccc2)C(=O)NC2CCCC2)c1. The Morgan fingerprint density at radius 1 is 0.950 bits per heavy atom. The predicted octanol–water partition coefficient (Wildman–Crippen LogP) is 4.97. The number of hydrogen-bond acceptors (Lipinski definition) is 4. The molecule has 1 N–H and O–H groups in total. The maximum absolute atomic E-state index is 14.0. The van der Waals surface area contributed by atoms with Gasteiger partial charge in [0.05, 0.1) is 11.4 Å². The monoisotopic (exact) mass is 581 g/mol. The van der Waals surface area contributed by atoms with E-state index in [2.05, 4.69) is 5.32 Å². The first-order valence-corrected chi connectivity index (χ1v) is 15.4. The van der Waals surface area contributed by atoms with Gasteiger partial charge in [-0.05, 0) is 55.2 Å². The second-order valence-corrected chi connectivity index (χ2v) is 12.9. The van der Waals surface area contributed by atoms with Crippen molar-refractivity contribution < 1.29 is 18.0 Å². The molecule has 3 aromatic rings. The van der Waals surface area contributed by atoms with E-state index in [9.17, 15) is 18.0 Å². The summed E-state index contributed by atoms with van der Waals surface area (Å²) in [5.41, 5.74) is 2.81. The number of halogens is 1. The van der Waals surface area contributed by atoms with Crippen LogP contribution in [0, 0.1) is 6.92 Å². The quantitative estimate of drug-likeness (QED) is 0.346. The minimum absolute atomic E-state index is 0.0391. The standard InChI is InChI=1S/C31H36ClN3O4S/c1-23-9-8-12-25(19-23)21-35(30(36)22-34(2)40(38,39)28-17-15-26(32)16-18-28)29(20-24-10-4-3-5-11-24)31(37)33-27-13-6-7-14-27/h3-5,8-12,15-19,27,29H,6-7,13-14,20-22H2,1-2H3,(H,33,37). The highest BCUT2D eigenvalue weighted by Crippen LogP contribution is 2.22. The highest BCUT2D eigenvalue weighted by atomic mass is 35.5. The molecule has 1 aliphatic rings. The van der Waals surface area contributed by atoms with Gasteiger partial charge in [0.2, 0.25) is 21.8 Å². The van der Waals surface area contributed by atoms with Crippen LogP contribution in [0.2, 0.25) is 5.02 Å². The smallest absolute Gasteiger partial charge is 0.243 e. The van der Waals surface area contributed by atoms with Gasteiger partial charge in [-0.3, -0.25) is 9.59 Å². The Balaban J connectivity index is 1.66. The summed E-state index contributed by atoms with van der Waals surface area (Å²) >= 11 is 5.94. The van der Waals surface area contributed by atoms with E-state index in [4.69, 9.17) is 11.6 Å². The largest absolute Gasteiger partial charge is 0.352 e. The molecule has 4 rings (SSSR count). The third-order valence-electron chi connectivity index (χ3n) is 7.29. The van der Waals surface area contributed by atoms with Crippen LogP contribution in [0.4, 0.5) is 0 Å². The van der Waals surface area contributed by atoms with Crippen molar-refractivity contribution in [3.8, 4) is 0 Å². The van der Waals surface area contributed by atoms with Crippen LogP contribution in [0.15, 0.2) is 83.8 Å². The molecule has 0 saturated heterocycles. The molecular formula is C31H36ClN3O4S. The topological polar surface area (TPSA) is 86.8 Å². The van der Waals surface area contributed by atoms with E-state index >= 15 is 0 Å². The number of likely N-dealkylation sites (N-methyl/N-ethyl adjacent to an activating group) is 1. The Bertz CT molecular complexity index is 1410. The molecule has 3 aromatic carbocycles. The van der Waals surface area contributed by atoms with Gasteiger partial charge in [-0.25, -0.2) is 8.42 Å². The summed E-state index contributed by atoms with van der Waals surface area (Å²) in [4.78, 5) is 29.3. The minimum atomic E-state index is -3.96. The Labute approximate surface area is 242 Å². The maximum Gasteiger partial charge on any atom is 0.243 e. The predicted molar refractivity (Wildman–Crippen MR) is 157 cm³/mol. The van der Waals surface area contributed by atoms with Gasteiger partial charge < -0.3 is 10.2 Å². The lowest BCUT2D eigenvalue weighted by molar-refractivity contribution is -0.141. The first-order valence-electron chi connectivity index (χ1n) is 13.5. The van der Waals surface area contributed by atoms with E-state index in [0.29, 0.717) is 11.4 Å². The zero-order valence-corrected chi connectivity index (χ0v) is 24.5. The van der Waals surface area contributed by atoms with Crippen molar-refractivity contribution in [3.63, 3.8) is 0 Å². The summed E-state index contributed by atoms with van der Waals surface area (Å²) in [6.07, 6.45) is 4.27. The van der Waals surface area contributed by atoms with Crippen molar-refractivity contribution in [3.05, 3.63) is 101 Å². The summed E-state index contributed by atoms with van der Waals surface area (Å²) in [6, 6.07) is 22.4. The Morgan fingerprint density at radius 2 is 1.60 bits per heavy atom. The van der Waals surface area contributed by atoms with Crippen LogP contribution < -0.4 is 5.32 Å². The molecule has 0 aliphatic heterocycles. The first-order chi connectivity index (χ1) is 19.1. The average molecular weight is 582 g/mol. The van der Waals surface area contributed by atoms with E-state index in [1.807, 2.05) is 61.5 Å². The molecule has 0 radical (unpaired) electrons. The normalized spacial score (nSPS) is 14.7. The molecule has 1 aliphatic carbocycles. The van der Waals surface area contributed by atoms with Gasteiger partial charge in [0.15, 0.2) is 0 Å². The van der Waals surface area contributed by atoms with E-state index in [1.54, 1.807) is 0 Å². The van der Waals surface area contributed by atoms with Gasteiger partial charge in [0.1, 0.15) is 6.04 Å². The van der Waals surface area contributed by atoms with Crippen LogP contribution in [0.25, 0.3) is 0 Å². The number of carbonyl (C=O) groups is 2. The van der Waals surface area contributed by atoms with Crippen LogP contribution in [0.3, 0.4) is 0 Å². The fraction of sp³-hybridized carbons (Fsp3) is 0.355. The number of amides is 2. The molecule has 212 valence electrons. The molecule has 0 heterocycles. The summed E-state index contributed by atoms with van der Waals surface area (Å²) < 4.78 is 27.5. The summed E-state index contributed by atoms with van der Waals surface area (Å²) in [5, 5.41) is 3.59. The van der Waals surface area contributed by atoms with E-state index in [1.165, 1.54) is 36.2 Å². The zero-order chi connectivity index (χ0) is 28.7. The van der Waals surface area contributed by atoms with Gasteiger partial charge in [-0.2, -0.15) is 4.31 Å². The number of benzene rings is 3. The third-order valence-corrected chi connectivity index (χ3v) is 9.36. The molecule has 1 unspecified atom stereocenters. The lowest BCUT2D eigenvalue weighted by Crippen LogP contribution is -2.54. The molecule has 0 spiro atoms. The summed E-state index contributed by atoms with van der Waals surface area (Å²) in [7, 11) is -2.59. The van der Waals surface area contributed by atoms with Crippen LogP contribution in [-0.4, -0.2) is 55.1 Å². The van der Waals surface area contributed by atoms with E-state index in [0.717, 1.165) is 46.7 Å². The van der Waals surface area contributed by atoms with Crippen molar-refractivity contribution in [2.24, 2.45) is 0 Å². The lowest BCUT2D eigenvalue weighted by Gasteiger charge is -2.33. The number of rotatable bonds is 11. The molecule has 2 amide bonds. The van der Waals surface area contributed by atoms with Crippen LogP contribution in [-0.2, 0) is 32.6 Å². The minimum Gasteiger partial charge on any atom is -0.352 e. The Hall–Kier alpha value is -3.20. The van der Waals surface area contributed by atoms with Gasteiger partial charge >= 0.3 is 0 Å². The molecule has 0 bridgehead atoms. The number of sulfonamides is 1. The summed E-state index contributed by atoms with van der Waals surface area (Å²) in [6.45, 7) is 1.72. The Kier molecular flexibility index (Phi) is 10.0. The molecule has 40 heavy (non-hydrogen) atoms. The fourth-order valence-electron chi connectivity index (χ4n) is 5.08. The van der Waals surface area contributed by atoms with Crippen LogP contribution in [0.5, 0.6) is 0 Å². The van der Waals surface area contributed by atoms with Gasteiger partial charge in [-0.1, -0.05) is 84.6 Å². The van der Waals surface area contributed by atoms with Crippen molar-refractivity contribution in [2.75, 3.05) is 13.6 Å². The van der Waals surface area contributed by atoms with Crippen LogP contribution in [0.1, 0.15) is 42.4 Å². The second-order valence-electron chi connectivity index (χ2n) is 10.4. The van der Waals surface area contributed by atoms with E-state index < -0.39 is 28.5 Å². The van der Waals surface area contributed by atoms with Crippen molar-refractivity contribution >= 4 is 33.4 Å². The molecule has 9 heteroatoms. The maximum atomic E-state index is 14.0. The second kappa shape index (κ2) is 13.4. The molecule has 1 fully saturated rings. The molecule has 1 saturated carbocycles. The van der Waals surface area contributed by atoms with Crippen molar-refractivity contribution in [1.29, 1.82) is 0 Å². The van der Waals surface area contributed by atoms with E-state index in [-0.39, 0.29) is 23.4 Å².